The van der Waals surface area contributed by atoms with E-state index in [2.05, 4.69) is 20.9 Å². The molecule has 5 heteroatoms. The summed E-state index contributed by atoms with van der Waals surface area (Å²) in [5.74, 6) is 0.0413. The van der Waals surface area contributed by atoms with Crippen molar-refractivity contribution in [3.05, 3.63) is 52.8 Å². The van der Waals surface area contributed by atoms with E-state index in [-0.39, 0.29) is 5.82 Å². The van der Waals surface area contributed by atoms with Gasteiger partial charge in [0.05, 0.1) is 16.7 Å². The number of aromatic nitrogens is 2. The van der Waals surface area contributed by atoms with Crippen molar-refractivity contribution in [1.82, 2.24) is 9.55 Å². The van der Waals surface area contributed by atoms with Gasteiger partial charge in [0, 0.05) is 4.47 Å². The van der Waals surface area contributed by atoms with Gasteiger partial charge in [0.25, 0.3) is 0 Å². The van der Waals surface area contributed by atoms with E-state index >= 15 is 0 Å². The van der Waals surface area contributed by atoms with Crippen LogP contribution >= 0.6 is 15.9 Å². The van der Waals surface area contributed by atoms with Crippen LogP contribution in [0.15, 0.2) is 46.9 Å². The molecule has 0 atom stereocenters. The maximum atomic E-state index is 13.3. The fourth-order valence-corrected chi connectivity index (χ4v) is 2.31. The molecule has 3 rings (SSSR count). The zero-order valence-electron chi connectivity index (χ0n) is 9.27. The number of benzene rings is 2. The van der Waals surface area contributed by atoms with Crippen LogP contribution in [-0.2, 0) is 0 Å². The van der Waals surface area contributed by atoms with Crippen molar-refractivity contribution in [1.29, 1.82) is 0 Å². The summed E-state index contributed by atoms with van der Waals surface area (Å²) in [6.45, 7) is 0. The lowest BCUT2D eigenvalue weighted by molar-refractivity contribution is 0.627. The maximum Gasteiger partial charge on any atom is 0.205 e. The van der Waals surface area contributed by atoms with Gasteiger partial charge in [0.15, 0.2) is 0 Å². The number of fused-ring (bicyclic) bond motifs is 1. The normalized spacial score (nSPS) is 11.0. The summed E-state index contributed by atoms with van der Waals surface area (Å²) in [6, 6.07) is 11.9. The summed E-state index contributed by atoms with van der Waals surface area (Å²) < 4.78 is 15.9. The van der Waals surface area contributed by atoms with Crippen molar-refractivity contribution in [3.63, 3.8) is 0 Å². The first-order valence-electron chi connectivity index (χ1n) is 5.34. The van der Waals surface area contributed by atoms with Crippen LogP contribution < -0.4 is 5.73 Å². The summed E-state index contributed by atoms with van der Waals surface area (Å²) >= 11 is 3.38. The molecule has 90 valence electrons. The average Bonchev–Trinajstić information content (AvgIpc) is 2.64. The van der Waals surface area contributed by atoms with Crippen molar-refractivity contribution >= 4 is 32.9 Å². The number of halogens is 2. The Balaban J connectivity index is 2.32. The summed E-state index contributed by atoms with van der Waals surface area (Å²) in [5.41, 5.74) is 8.18. The highest BCUT2D eigenvalue weighted by molar-refractivity contribution is 9.10. The molecule has 1 heterocycles. The van der Waals surface area contributed by atoms with Crippen molar-refractivity contribution in [2.75, 3.05) is 5.73 Å². The third-order valence-electron chi connectivity index (χ3n) is 2.71. The first-order valence-corrected chi connectivity index (χ1v) is 6.14. The Morgan fingerprint density at radius 3 is 2.78 bits per heavy atom. The van der Waals surface area contributed by atoms with Gasteiger partial charge in [-0.3, -0.25) is 4.57 Å². The fourth-order valence-electron chi connectivity index (χ4n) is 1.96. The molecule has 0 aliphatic carbocycles. The molecule has 1 aromatic heterocycles. The first-order chi connectivity index (χ1) is 8.65. The molecule has 0 amide bonds. The summed E-state index contributed by atoms with van der Waals surface area (Å²) in [6.07, 6.45) is 0. The van der Waals surface area contributed by atoms with E-state index in [0.717, 1.165) is 15.5 Å². The van der Waals surface area contributed by atoms with Crippen LogP contribution in [0.1, 0.15) is 0 Å². The third kappa shape index (κ3) is 1.76. The Bertz CT molecular complexity index is 736. The minimum absolute atomic E-state index is 0.300. The summed E-state index contributed by atoms with van der Waals surface area (Å²) in [7, 11) is 0. The van der Waals surface area contributed by atoms with Crippen molar-refractivity contribution in [2.24, 2.45) is 0 Å². The van der Waals surface area contributed by atoms with E-state index in [9.17, 15) is 4.39 Å². The molecule has 0 spiro atoms. The van der Waals surface area contributed by atoms with Crippen LogP contribution in [-0.4, -0.2) is 9.55 Å². The van der Waals surface area contributed by atoms with Gasteiger partial charge in [-0.1, -0.05) is 22.0 Å². The van der Waals surface area contributed by atoms with Gasteiger partial charge in [0.1, 0.15) is 5.82 Å². The second-order valence-electron chi connectivity index (χ2n) is 3.92. The van der Waals surface area contributed by atoms with Crippen LogP contribution in [0.25, 0.3) is 16.7 Å². The maximum absolute atomic E-state index is 13.3. The van der Waals surface area contributed by atoms with E-state index in [1.807, 2.05) is 18.2 Å². The molecule has 3 aromatic rings. The van der Waals surface area contributed by atoms with Crippen LogP contribution in [0.4, 0.5) is 10.3 Å². The number of nitrogens with two attached hydrogens (primary N) is 1. The number of rotatable bonds is 1. The van der Waals surface area contributed by atoms with Crippen LogP contribution in [0, 0.1) is 5.82 Å². The van der Waals surface area contributed by atoms with Crippen molar-refractivity contribution in [2.45, 2.75) is 0 Å². The Hall–Kier alpha value is -1.88. The van der Waals surface area contributed by atoms with Gasteiger partial charge in [-0.05, 0) is 36.4 Å². The summed E-state index contributed by atoms with van der Waals surface area (Å²) in [5, 5.41) is 0. The molecular weight excluding hydrogens is 297 g/mol. The Kier molecular flexibility index (Phi) is 2.56. The van der Waals surface area contributed by atoms with E-state index < -0.39 is 0 Å². The molecule has 0 fully saturated rings. The highest BCUT2D eigenvalue weighted by Gasteiger charge is 2.10. The molecular formula is C13H9BrFN3. The molecule has 0 saturated carbocycles. The predicted octanol–water partition coefficient (Wildman–Crippen LogP) is 3.51. The minimum Gasteiger partial charge on any atom is -0.369 e. The SMILES string of the molecule is Nc1nc2cc(Br)ccc2n1-c1cccc(F)c1. The van der Waals surface area contributed by atoms with Crippen molar-refractivity contribution in [3.8, 4) is 5.69 Å². The topological polar surface area (TPSA) is 43.8 Å². The smallest absolute Gasteiger partial charge is 0.205 e. The number of anilines is 1. The molecule has 18 heavy (non-hydrogen) atoms. The van der Waals surface area contributed by atoms with Crippen LogP contribution in [0.5, 0.6) is 0 Å². The summed E-state index contributed by atoms with van der Waals surface area (Å²) in [4.78, 5) is 4.27. The Morgan fingerprint density at radius 2 is 2.00 bits per heavy atom. The third-order valence-corrected chi connectivity index (χ3v) is 3.20. The lowest BCUT2D eigenvalue weighted by Crippen LogP contribution is -2.00. The highest BCUT2D eigenvalue weighted by Crippen LogP contribution is 2.25. The Labute approximate surface area is 111 Å². The molecule has 2 N–H and O–H groups in total. The molecule has 0 aliphatic rings. The van der Waals surface area contributed by atoms with Gasteiger partial charge in [0.2, 0.25) is 5.95 Å². The molecule has 0 bridgehead atoms. The van der Waals surface area contributed by atoms with Gasteiger partial charge in [-0.25, -0.2) is 9.37 Å². The largest absolute Gasteiger partial charge is 0.369 e. The molecule has 0 saturated heterocycles. The number of hydrogen-bond acceptors (Lipinski definition) is 2. The Morgan fingerprint density at radius 1 is 1.17 bits per heavy atom. The zero-order valence-corrected chi connectivity index (χ0v) is 10.9. The van der Waals surface area contributed by atoms with E-state index in [1.165, 1.54) is 12.1 Å². The average molecular weight is 306 g/mol. The van der Waals surface area contributed by atoms with Gasteiger partial charge >= 0.3 is 0 Å². The van der Waals surface area contributed by atoms with Crippen LogP contribution in [0.2, 0.25) is 0 Å². The van der Waals surface area contributed by atoms with E-state index in [0.29, 0.717) is 11.6 Å². The van der Waals surface area contributed by atoms with Crippen molar-refractivity contribution < 1.29 is 4.39 Å². The van der Waals surface area contributed by atoms with Crippen LogP contribution in [0.3, 0.4) is 0 Å². The number of imidazole rings is 1. The zero-order chi connectivity index (χ0) is 12.7. The lowest BCUT2D eigenvalue weighted by Gasteiger charge is -2.06. The van der Waals surface area contributed by atoms with E-state index in [1.54, 1.807) is 16.7 Å². The fraction of sp³-hybridized carbons (Fsp3) is 0. The molecule has 3 nitrogen and oxygen atoms in total. The monoisotopic (exact) mass is 305 g/mol. The second-order valence-corrected chi connectivity index (χ2v) is 4.83. The first kappa shape index (κ1) is 11.2. The highest BCUT2D eigenvalue weighted by atomic mass is 79.9. The van der Waals surface area contributed by atoms with E-state index in [4.69, 9.17) is 5.73 Å². The molecule has 0 radical (unpaired) electrons. The minimum atomic E-state index is -0.300. The lowest BCUT2D eigenvalue weighted by atomic mass is 10.2. The molecule has 0 unspecified atom stereocenters. The molecule has 2 aromatic carbocycles. The van der Waals surface area contributed by atoms with Gasteiger partial charge < -0.3 is 5.73 Å². The quantitative estimate of drug-likeness (QED) is 0.747. The second kappa shape index (κ2) is 4.10. The number of nitrogen functional groups attached to an aromatic ring is 1. The number of hydrogen-bond donors (Lipinski definition) is 1. The van der Waals surface area contributed by atoms with Gasteiger partial charge in [-0.15, -0.1) is 0 Å². The standard InChI is InChI=1S/C13H9BrFN3/c14-8-4-5-12-11(6-8)17-13(16)18(12)10-3-1-2-9(15)7-10/h1-7H,(H2,16,17). The molecule has 0 aliphatic heterocycles. The predicted molar refractivity (Wildman–Crippen MR) is 73.1 cm³/mol. The van der Waals surface area contributed by atoms with Gasteiger partial charge in [-0.2, -0.15) is 0 Å². The number of nitrogens with zero attached hydrogens (tertiary/aromatic N) is 2.